The molecular weight excluding hydrogens is 350 g/mol. The van der Waals surface area contributed by atoms with E-state index in [1.807, 2.05) is 0 Å². The van der Waals surface area contributed by atoms with Crippen LogP contribution in [-0.2, 0) is 15.7 Å². The summed E-state index contributed by atoms with van der Waals surface area (Å²) in [6.45, 7) is 0.132. The van der Waals surface area contributed by atoms with E-state index < -0.39 is 12.7 Å². The Morgan fingerprint density at radius 1 is 1.40 bits per heavy atom. The first kappa shape index (κ1) is 17.8. The van der Waals surface area contributed by atoms with Crippen LogP contribution in [0.2, 0.25) is 0 Å². The molecule has 0 amide bonds. The first-order valence-corrected chi connectivity index (χ1v) is 8.90. The van der Waals surface area contributed by atoms with Gasteiger partial charge in [-0.25, -0.2) is 9.24 Å². The van der Waals surface area contributed by atoms with Gasteiger partial charge in [0.1, 0.15) is 0 Å². The van der Waals surface area contributed by atoms with Gasteiger partial charge >= 0.3 is 12.7 Å². The van der Waals surface area contributed by atoms with Crippen LogP contribution in [0.1, 0.15) is 4.88 Å². The van der Waals surface area contributed by atoms with Gasteiger partial charge in [-0.2, -0.15) is 0 Å². The smallest absolute Gasteiger partial charge is 0.312 e. The summed E-state index contributed by atoms with van der Waals surface area (Å²) < 4.78 is 18.2. The lowest BCUT2D eigenvalue weighted by Gasteiger charge is -2.24. The topological polar surface area (TPSA) is 92.9 Å². The molecule has 1 N–H and O–H groups in total. The standard InChI is InChI=1S/C9H13Cl2N2O5PS/c10-3-5-12(6-4-11)19(16,17)18-7-8-1-2-9(20-8)13(14)15/h1-2H,3-7H2,(H,16,17). The maximum atomic E-state index is 12.0. The number of rotatable bonds is 9. The van der Waals surface area contributed by atoms with Crippen LogP contribution < -0.4 is 0 Å². The molecule has 0 spiro atoms. The summed E-state index contributed by atoms with van der Waals surface area (Å²) in [6, 6.07) is 2.80. The molecule has 0 aliphatic rings. The van der Waals surface area contributed by atoms with Crippen molar-refractivity contribution in [1.82, 2.24) is 4.67 Å². The van der Waals surface area contributed by atoms with Crippen molar-refractivity contribution >= 4 is 47.3 Å². The van der Waals surface area contributed by atoms with E-state index in [2.05, 4.69) is 0 Å². The lowest BCUT2D eigenvalue weighted by atomic mass is 10.5. The highest BCUT2D eigenvalue weighted by Crippen LogP contribution is 2.47. The largest absolute Gasteiger partial charge is 0.406 e. The van der Waals surface area contributed by atoms with Crippen LogP contribution in [0.25, 0.3) is 0 Å². The molecule has 0 aromatic carbocycles. The van der Waals surface area contributed by atoms with Crippen molar-refractivity contribution in [3.63, 3.8) is 0 Å². The third-order valence-corrected chi connectivity index (χ3v) is 5.17. The molecule has 0 bridgehead atoms. The zero-order valence-electron chi connectivity index (χ0n) is 10.3. The lowest BCUT2D eigenvalue weighted by molar-refractivity contribution is -0.380. The van der Waals surface area contributed by atoms with Gasteiger partial charge in [-0.3, -0.25) is 14.6 Å². The van der Waals surface area contributed by atoms with Gasteiger partial charge < -0.3 is 4.89 Å². The van der Waals surface area contributed by atoms with E-state index in [1.54, 1.807) is 0 Å². The molecule has 0 aliphatic carbocycles. The second-order valence-corrected chi connectivity index (χ2v) is 7.30. The number of thiophene rings is 1. The third-order valence-electron chi connectivity index (χ3n) is 2.25. The number of hydrogen-bond acceptors (Lipinski definition) is 5. The van der Waals surface area contributed by atoms with Gasteiger partial charge in [-0.1, -0.05) is 11.3 Å². The summed E-state index contributed by atoms with van der Waals surface area (Å²) in [5.74, 6) is 0.324. The van der Waals surface area contributed by atoms with Crippen LogP contribution in [-0.4, -0.2) is 39.3 Å². The molecule has 0 radical (unpaired) electrons. The predicted molar refractivity (Wildman–Crippen MR) is 78.6 cm³/mol. The van der Waals surface area contributed by atoms with Crippen molar-refractivity contribution in [3.8, 4) is 0 Å². The maximum Gasteiger partial charge on any atom is 0.406 e. The average molecular weight is 363 g/mol. The van der Waals surface area contributed by atoms with Gasteiger partial charge in [0.15, 0.2) is 0 Å². The maximum absolute atomic E-state index is 12.0. The SMILES string of the molecule is O=[N+]([O-])c1ccc(COP(=O)(O)N(CCCl)CCCl)s1. The van der Waals surface area contributed by atoms with Crippen molar-refractivity contribution in [2.24, 2.45) is 0 Å². The molecule has 0 aliphatic heterocycles. The van der Waals surface area contributed by atoms with Crippen molar-refractivity contribution in [3.05, 3.63) is 27.1 Å². The molecule has 1 unspecified atom stereocenters. The van der Waals surface area contributed by atoms with Crippen LogP contribution in [0.15, 0.2) is 12.1 Å². The summed E-state index contributed by atoms with van der Waals surface area (Å²) in [5.41, 5.74) is 0. The predicted octanol–water partition coefficient (Wildman–Crippen LogP) is 3.05. The lowest BCUT2D eigenvalue weighted by Crippen LogP contribution is -2.25. The fourth-order valence-corrected chi connectivity index (χ4v) is 3.97. The van der Waals surface area contributed by atoms with Gasteiger partial charge in [-0.15, -0.1) is 23.2 Å². The Morgan fingerprint density at radius 2 is 2.00 bits per heavy atom. The second kappa shape index (κ2) is 8.29. The van der Waals surface area contributed by atoms with E-state index in [-0.39, 0.29) is 36.5 Å². The normalized spacial score (nSPS) is 14.4. The highest BCUT2D eigenvalue weighted by atomic mass is 35.5. The van der Waals surface area contributed by atoms with Gasteiger partial charge in [0, 0.05) is 35.8 Å². The van der Waals surface area contributed by atoms with E-state index in [4.69, 9.17) is 27.7 Å². The summed E-state index contributed by atoms with van der Waals surface area (Å²) in [4.78, 5) is 20.3. The Labute approximate surface area is 129 Å². The third kappa shape index (κ3) is 5.29. The molecule has 7 nitrogen and oxygen atoms in total. The number of hydrogen-bond donors (Lipinski definition) is 1. The monoisotopic (exact) mass is 362 g/mol. The first-order chi connectivity index (χ1) is 9.40. The highest BCUT2D eigenvalue weighted by molar-refractivity contribution is 7.50. The van der Waals surface area contributed by atoms with Crippen LogP contribution in [0.4, 0.5) is 5.00 Å². The Morgan fingerprint density at radius 3 is 2.45 bits per heavy atom. The number of alkyl halides is 2. The molecular formula is C9H13Cl2N2O5PS. The zero-order chi connectivity index (χ0) is 15.2. The van der Waals surface area contributed by atoms with Crippen molar-refractivity contribution in [2.45, 2.75) is 6.61 Å². The van der Waals surface area contributed by atoms with Gasteiger partial charge in [0.05, 0.1) is 11.5 Å². The number of nitrogens with zero attached hydrogens (tertiary/aromatic N) is 2. The molecule has 0 saturated heterocycles. The van der Waals surface area contributed by atoms with E-state index in [0.717, 1.165) is 16.0 Å². The molecule has 114 valence electrons. The van der Waals surface area contributed by atoms with Gasteiger partial charge in [-0.05, 0) is 6.07 Å². The van der Waals surface area contributed by atoms with Gasteiger partial charge in [0.2, 0.25) is 0 Å². The molecule has 0 saturated carbocycles. The van der Waals surface area contributed by atoms with Crippen LogP contribution in [0.5, 0.6) is 0 Å². The van der Waals surface area contributed by atoms with E-state index in [1.165, 1.54) is 12.1 Å². The molecule has 1 rings (SSSR count). The summed E-state index contributed by atoms with van der Waals surface area (Å²) in [5, 5.41) is 10.5. The minimum Gasteiger partial charge on any atom is -0.312 e. The highest BCUT2D eigenvalue weighted by Gasteiger charge is 2.29. The molecule has 1 atom stereocenters. The zero-order valence-corrected chi connectivity index (χ0v) is 13.5. The van der Waals surface area contributed by atoms with Crippen LogP contribution in [0.3, 0.4) is 0 Å². The fourth-order valence-electron chi connectivity index (χ4n) is 1.33. The Bertz CT molecular complexity index is 494. The quantitative estimate of drug-likeness (QED) is 0.314. The van der Waals surface area contributed by atoms with E-state index in [0.29, 0.717) is 4.88 Å². The van der Waals surface area contributed by atoms with E-state index in [9.17, 15) is 19.6 Å². The molecule has 20 heavy (non-hydrogen) atoms. The fraction of sp³-hybridized carbons (Fsp3) is 0.556. The van der Waals surface area contributed by atoms with E-state index >= 15 is 0 Å². The Kier molecular flexibility index (Phi) is 7.39. The van der Waals surface area contributed by atoms with Crippen molar-refractivity contribution in [1.29, 1.82) is 0 Å². The minimum absolute atomic E-state index is 0.0465. The van der Waals surface area contributed by atoms with Crippen LogP contribution >= 0.6 is 42.3 Å². The Balaban J connectivity index is 2.64. The molecule has 1 aromatic rings. The number of nitro groups is 1. The average Bonchev–Trinajstić information content (AvgIpc) is 2.85. The molecule has 1 aromatic heterocycles. The minimum atomic E-state index is -4.01. The second-order valence-electron chi connectivity index (χ2n) is 3.59. The Hall–Kier alpha value is -0.210. The summed E-state index contributed by atoms with van der Waals surface area (Å²) >= 11 is 12.0. The first-order valence-electron chi connectivity index (χ1n) is 5.48. The number of halogens is 2. The summed E-state index contributed by atoms with van der Waals surface area (Å²) in [6.07, 6.45) is 0. The van der Waals surface area contributed by atoms with Crippen LogP contribution in [0, 0.1) is 10.1 Å². The molecule has 0 fully saturated rings. The van der Waals surface area contributed by atoms with Gasteiger partial charge in [0.25, 0.3) is 0 Å². The van der Waals surface area contributed by atoms with Crippen molar-refractivity contribution < 1.29 is 18.9 Å². The summed E-state index contributed by atoms with van der Waals surface area (Å²) in [7, 11) is -4.01. The van der Waals surface area contributed by atoms with Crippen molar-refractivity contribution in [2.75, 3.05) is 24.8 Å². The molecule has 11 heteroatoms. The molecule has 1 heterocycles.